The molecule has 19 heavy (non-hydrogen) atoms. The quantitative estimate of drug-likeness (QED) is 0.889. The Kier molecular flexibility index (Phi) is 4.67. The number of rotatable bonds is 5. The Bertz CT molecular complexity index is 537. The molecule has 1 aromatic carbocycles. The number of aromatic nitrogens is 1. The summed E-state index contributed by atoms with van der Waals surface area (Å²) in [6, 6.07) is 13.8. The summed E-state index contributed by atoms with van der Waals surface area (Å²) in [5.41, 5.74) is 3.25. The van der Waals surface area contributed by atoms with Gasteiger partial charge in [-0.2, -0.15) is 0 Å². The summed E-state index contributed by atoms with van der Waals surface area (Å²) in [5.74, 6) is 0.0666. The van der Waals surface area contributed by atoms with Crippen molar-refractivity contribution in [1.82, 2.24) is 10.3 Å². The Labute approximate surface area is 113 Å². The summed E-state index contributed by atoms with van der Waals surface area (Å²) in [4.78, 5) is 15.9. The largest absolute Gasteiger partial charge is 0.355 e. The molecule has 1 N–H and O–H groups in total. The number of amides is 1. The normalized spacial score (nSPS) is 10.2. The van der Waals surface area contributed by atoms with E-state index in [1.807, 2.05) is 49.4 Å². The van der Waals surface area contributed by atoms with Crippen molar-refractivity contribution in [3.8, 4) is 0 Å². The fourth-order valence-electron chi connectivity index (χ4n) is 1.95. The number of carbonyl (C=O) groups is 1. The molecule has 0 unspecified atom stereocenters. The molecule has 0 aliphatic carbocycles. The van der Waals surface area contributed by atoms with Crippen LogP contribution in [0.2, 0.25) is 0 Å². The van der Waals surface area contributed by atoms with E-state index in [1.165, 1.54) is 5.56 Å². The molecule has 0 aliphatic heterocycles. The van der Waals surface area contributed by atoms with E-state index in [9.17, 15) is 4.79 Å². The predicted molar refractivity (Wildman–Crippen MR) is 75.8 cm³/mol. The van der Waals surface area contributed by atoms with E-state index in [4.69, 9.17) is 0 Å². The summed E-state index contributed by atoms with van der Waals surface area (Å²) in [6.07, 6.45) is 3.08. The van der Waals surface area contributed by atoms with E-state index in [-0.39, 0.29) is 5.91 Å². The molecule has 98 valence electrons. The van der Waals surface area contributed by atoms with Crippen LogP contribution in [-0.4, -0.2) is 17.4 Å². The molecule has 0 bridgehead atoms. The van der Waals surface area contributed by atoms with Crippen LogP contribution in [0, 0.1) is 6.92 Å². The Balaban J connectivity index is 1.75. The highest BCUT2D eigenvalue weighted by atomic mass is 16.1. The fourth-order valence-corrected chi connectivity index (χ4v) is 1.95. The molecule has 2 rings (SSSR count). The SMILES string of the molecule is Cc1cc(CCNC(=O)Cc2ccccc2)ccn1. The highest BCUT2D eigenvalue weighted by Gasteiger charge is 2.02. The summed E-state index contributed by atoms with van der Waals surface area (Å²) < 4.78 is 0. The van der Waals surface area contributed by atoms with Crippen LogP contribution in [0.3, 0.4) is 0 Å². The maximum atomic E-state index is 11.7. The van der Waals surface area contributed by atoms with Gasteiger partial charge in [-0.1, -0.05) is 30.3 Å². The molecule has 2 aromatic rings. The van der Waals surface area contributed by atoms with E-state index in [0.717, 1.165) is 17.7 Å². The first kappa shape index (κ1) is 13.3. The topological polar surface area (TPSA) is 42.0 Å². The summed E-state index contributed by atoms with van der Waals surface area (Å²) in [7, 11) is 0. The van der Waals surface area contributed by atoms with Crippen LogP contribution < -0.4 is 5.32 Å². The van der Waals surface area contributed by atoms with Gasteiger partial charge < -0.3 is 5.32 Å². The van der Waals surface area contributed by atoms with Crippen LogP contribution in [-0.2, 0) is 17.6 Å². The molecule has 3 nitrogen and oxygen atoms in total. The van der Waals surface area contributed by atoms with Crippen LogP contribution >= 0.6 is 0 Å². The third-order valence-corrected chi connectivity index (χ3v) is 2.90. The first-order valence-corrected chi connectivity index (χ1v) is 6.46. The minimum absolute atomic E-state index is 0.0666. The molecule has 1 amide bonds. The predicted octanol–water partition coefficient (Wildman–Crippen LogP) is 2.29. The molecular weight excluding hydrogens is 236 g/mol. The highest BCUT2D eigenvalue weighted by Crippen LogP contribution is 2.02. The van der Waals surface area contributed by atoms with Crippen LogP contribution in [0.15, 0.2) is 48.7 Å². The molecule has 0 spiro atoms. The standard InChI is InChI=1S/C16H18N2O/c1-13-11-15(7-9-17-13)8-10-18-16(19)12-14-5-3-2-4-6-14/h2-7,9,11H,8,10,12H2,1H3,(H,18,19). The molecule has 0 radical (unpaired) electrons. The van der Waals surface area contributed by atoms with Crippen molar-refractivity contribution in [3.63, 3.8) is 0 Å². The maximum Gasteiger partial charge on any atom is 0.224 e. The van der Waals surface area contributed by atoms with Crippen LogP contribution in [0.5, 0.6) is 0 Å². The Morgan fingerprint density at radius 1 is 1.16 bits per heavy atom. The lowest BCUT2D eigenvalue weighted by Crippen LogP contribution is -2.27. The van der Waals surface area contributed by atoms with Gasteiger partial charge in [0.25, 0.3) is 0 Å². The molecule has 1 heterocycles. The lowest BCUT2D eigenvalue weighted by molar-refractivity contribution is -0.120. The van der Waals surface area contributed by atoms with Crippen LogP contribution in [0.4, 0.5) is 0 Å². The average Bonchev–Trinajstić information content (AvgIpc) is 2.40. The zero-order valence-corrected chi connectivity index (χ0v) is 11.1. The van der Waals surface area contributed by atoms with Gasteiger partial charge >= 0.3 is 0 Å². The van der Waals surface area contributed by atoms with Gasteiger partial charge in [0.1, 0.15) is 0 Å². The van der Waals surface area contributed by atoms with E-state index in [0.29, 0.717) is 13.0 Å². The van der Waals surface area contributed by atoms with Crippen molar-refractivity contribution >= 4 is 5.91 Å². The smallest absolute Gasteiger partial charge is 0.224 e. The van der Waals surface area contributed by atoms with Gasteiger partial charge in [-0.15, -0.1) is 0 Å². The third-order valence-electron chi connectivity index (χ3n) is 2.90. The van der Waals surface area contributed by atoms with E-state index in [2.05, 4.69) is 10.3 Å². The first-order chi connectivity index (χ1) is 9.24. The number of hydrogen-bond acceptors (Lipinski definition) is 2. The first-order valence-electron chi connectivity index (χ1n) is 6.46. The highest BCUT2D eigenvalue weighted by molar-refractivity contribution is 5.78. The molecule has 0 aliphatic rings. The van der Waals surface area contributed by atoms with Crippen molar-refractivity contribution in [2.24, 2.45) is 0 Å². The zero-order valence-electron chi connectivity index (χ0n) is 11.1. The lowest BCUT2D eigenvalue weighted by atomic mass is 10.1. The molecule has 0 saturated heterocycles. The van der Waals surface area contributed by atoms with E-state index < -0.39 is 0 Å². The molecular formula is C16H18N2O. The number of nitrogens with zero attached hydrogens (tertiary/aromatic N) is 1. The summed E-state index contributed by atoms with van der Waals surface area (Å²) >= 11 is 0. The molecule has 0 fully saturated rings. The number of aryl methyl sites for hydroxylation is 1. The average molecular weight is 254 g/mol. The van der Waals surface area contributed by atoms with Gasteiger partial charge in [0.05, 0.1) is 6.42 Å². The number of nitrogens with one attached hydrogen (secondary N) is 1. The molecule has 1 aromatic heterocycles. The second-order valence-electron chi connectivity index (χ2n) is 4.57. The van der Waals surface area contributed by atoms with Crippen molar-refractivity contribution in [3.05, 3.63) is 65.5 Å². The van der Waals surface area contributed by atoms with Crippen molar-refractivity contribution in [2.75, 3.05) is 6.54 Å². The van der Waals surface area contributed by atoms with Crippen LogP contribution in [0.25, 0.3) is 0 Å². The monoisotopic (exact) mass is 254 g/mol. The van der Waals surface area contributed by atoms with Crippen molar-refractivity contribution in [1.29, 1.82) is 0 Å². The molecule has 0 saturated carbocycles. The molecule has 3 heteroatoms. The Morgan fingerprint density at radius 2 is 1.95 bits per heavy atom. The minimum Gasteiger partial charge on any atom is -0.355 e. The van der Waals surface area contributed by atoms with Gasteiger partial charge in [-0.3, -0.25) is 9.78 Å². The number of carbonyl (C=O) groups excluding carboxylic acids is 1. The van der Waals surface area contributed by atoms with Gasteiger partial charge in [0, 0.05) is 18.4 Å². The second kappa shape index (κ2) is 6.69. The summed E-state index contributed by atoms with van der Waals surface area (Å²) in [6.45, 7) is 2.63. The zero-order chi connectivity index (χ0) is 13.5. The molecule has 0 atom stereocenters. The second-order valence-corrected chi connectivity index (χ2v) is 4.57. The Morgan fingerprint density at radius 3 is 2.68 bits per heavy atom. The third kappa shape index (κ3) is 4.54. The number of benzene rings is 1. The van der Waals surface area contributed by atoms with Crippen LogP contribution in [0.1, 0.15) is 16.8 Å². The van der Waals surface area contributed by atoms with Crippen molar-refractivity contribution in [2.45, 2.75) is 19.8 Å². The lowest BCUT2D eigenvalue weighted by Gasteiger charge is -2.06. The van der Waals surface area contributed by atoms with E-state index >= 15 is 0 Å². The number of hydrogen-bond donors (Lipinski definition) is 1. The fraction of sp³-hybridized carbons (Fsp3) is 0.250. The van der Waals surface area contributed by atoms with Gasteiger partial charge in [0.15, 0.2) is 0 Å². The Hall–Kier alpha value is -2.16. The summed E-state index contributed by atoms with van der Waals surface area (Å²) in [5, 5.41) is 2.94. The minimum atomic E-state index is 0.0666. The number of pyridine rings is 1. The van der Waals surface area contributed by atoms with Crippen molar-refractivity contribution < 1.29 is 4.79 Å². The maximum absolute atomic E-state index is 11.7. The van der Waals surface area contributed by atoms with Gasteiger partial charge in [-0.05, 0) is 36.6 Å². The van der Waals surface area contributed by atoms with Gasteiger partial charge in [-0.25, -0.2) is 0 Å². The van der Waals surface area contributed by atoms with E-state index in [1.54, 1.807) is 6.20 Å². The van der Waals surface area contributed by atoms with Gasteiger partial charge in [0.2, 0.25) is 5.91 Å².